The fourth-order valence-electron chi connectivity index (χ4n) is 3.03. The molecule has 0 aromatic rings. The molecule has 0 aromatic heterocycles. The van der Waals surface area contributed by atoms with Crippen LogP contribution in [0.1, 0.15) is 81.1 Å². The lowest BCUT2D eigenvalue weighted by Crippen LogP contribution is -2.23. The van der Waals surface area contributed by atoms with Gasteiger partial charge in [0.25, 0.3) is 0 Å². The largest absolute Gasteiger partial charge is 0.378 e. The summed E-state index contributed by atoms with van der Waals surface area (Å²) < 4.78 is 33.7. The molecule has 0 amide bonds. The van der Waals surface area contributed by atoms with Gasteiger partial charge in [0.2, 0.25) is 0 Å². The molecule has 0 fully saturated rings. The lowest BCUT2D eigenvalue weighted by atomic mass is 9.84. The van der Waals surface area contributed by atoms with Crippen LogP contribution < -0.4 is 0 Å². The quantitative estimate of drug-likeness (QED) is 0.267. The van der Waals surface area contributed by atoms with E-state index in [0.717, 1.165) is 18.3 Å². The second-order valence-electron chi connectivity index (χ2n) is 9.35. The van der Waals surface area contributed by atoms with Crippen molar-refractivity contribution in [3.05, 3.63) is 36.0 Å². The standard InChI is InChI=1S/C25H44F2O/c1-16(2)11-12-18(5)19(6)13-14-20(7)23(10)28-15-21(8)22(9)25(27)24(26)17(3)4/h16,18-21,23H,3,9,11-15H2,1-2,4-8,10H3/b25-24-. The van der Waals surface area contributed by atoms with E-state index in [0.29, 0.717) is 18.4 Å². The third-order valence-corrected chi connectivity index (χ3v) is 6.10. The first-order valence-corrected chi connectivity index (χ1v) is 10.9. The van der Waals surface area contributed by atoms with Crippen LogP contribution in [0.25, 0.3) is 0 Å². The molecular weight excluding hydrogens is 354 g/mol. The van der Waals surface area contributed by atoms with Crippen molar-refractivity contribution < 1.29 is 13.5 Å². The van der Waals surface area contributed by atoms with Crippen molar-refractivity contribution in [1.82, 2.24) is 0 Å². The number of hydrogen-bond donors (Lipinski definition) is 0. The number of ether oxygens (including phenoxy) is 1. The Kier molecular flexibility index (Phi) is 12.8. The topological polar surface area (TPSA) is 9.23 Å². The molecule has 0 bridgehead atoms. The lowest BCUT2D eigenvalue weighted by molar-refractivity contribution is 0.0134. The Bertz CT molecular complexity index is 521. The molecule has 0 aliphatic heterocycles. The van der Waals surface area contributed by atoms with Crippen molar-refractivity contribution in [2.45, 2.75) is 87.2 Å². The van der Waals surface area contributed by atoms with E-state index in [4.69, 9.17) is 4.74 Å². The van der Waals surface area contributed by atoms with Crippen LogP contribution in [0.2, 0.25) is 0 Å². The molecule has 5 atom stereocenters. The highest BCUT2D eigenvalue weighted by Crippen LogP contribution is 2.28. The number of rotatable bonds is 14. The predicted molar refractivity (Wildman–Crippen MR) is 119 cm³/mol. The van der Waals surface area contributed by atoms with Crippen LogP contribution in [0, 0.1) is 29.6 Å². The van der Waals surface area contributed by atoms with Crippen LogP contribution in [0.4, 0.5) is 8.78 Å². The van der Waals surface area contributed by atoms with Crippen molar-refractivity contribution in [2.75, 3.05) is 6.61 Å². The summed E-state index contributed by atoms with van der Waals surface area (Å²) in [5.41, 5.74) is 0.207. The second kappa shape index (κ2) is 13.3. The molecule has 0 aliphatic rings. The summed E-state index contributed by atoms with van der Waals surface area (Å²) in [6, 6.07) is 0. The van der Waals surface area contributed by atoms with E-state index in [1.54, 1.807) is 0 Å². The van der Waals surface area contributed by atoms with Crippen LogP contribution in [0.15, 0.2) is 36.0 Å². The molecule has 0 saturated heterocycles. The normalized spacial score (nSPS) is 18.2. The molecule has 0 spiro atoms. The molecular formula is C25H44F2O. The molecule has 0 aliphatic carbocycles. The lowest BCUT2D eigenvalue weighted by Gasteiger charge is -2.26. The molecule has 0 radical (unpaired) electrons. The van der Waals surface area contributed by atoms with Gasteiger partial charge in [-0.1, -0.05) is 74.0 Å². The fourth-order valence-corrected chi connectivity index (χ4v) is 3.03. The van der Waals surface area contributed by atoms with Gasteiger partial charge in [-0.2, -0.15) is 0 Å². The van der Waals surface area contributed by atoms with E-state index < -0.39 is 11.7 Å². The molecule has 0 saturated carbocycles. The first-order chi connectivity index (χ1) is 12.9. The maximum atomic E-state index is 14.1. The first kappa shape index (κ1) is 27.0. The summed E-state index contributed by atoms with van der Waals surface area (Å²) in [5, 5.41) is 0. The van der Waals surface area contributed by atoms with Crippen LogP contribution in [-0.4, -0.2) is 12.7 Å². The molecule has 28 heavy (non-hydrogen) atoms. The maximum Gasteiger partial charge on any atom is 0.162 e. The third kappa shape index (κ3) is 10.0. The van der Waals surface area contributed by atoms with Gasteiger partial charge in [-0.15, -0.1) is 0 Å². The van der Waals surface area contributed by atoms with Gasteiger partial charge >= 0.3 is 0 Å². The highest BCUT2D eigenvalue weighted by atomic mass is 19.2. The molecule has 0 aromatic carbocycles. The minimum atomic E-state index is -0.918. The van der Waals surface area contributed by atoms with Gasteiger partial charge in [0.05, 0.1) is 12.7 Å². The van der Waals surface area contributed by atoms with Gasteiger partial charge in [-0.3, -0.25) is 0 Å². The zero-order chi connectivity index (χ0) is 22.0. The number of hydrogen-bond acceptors (Lipinski definition) is 1. The van der Waals surface area contributed by atoms with Crippen LogP contribution >= 0.6 is 0 Å². The SMILES string of the molecule is C=C(C)/C(F)=C(/F)C(=C)C(C)COC(C)C(C)CCC(C)C(C)CCC(C)C. The van der Waals surface area contributed by atoms with E-state index in [1.165, 1.54) is 26.2 Å². The van der Waals surface area contributed by atoms with Crippen molar-refractivity contribution in [3.63, 3.8) is 0 Å². The second-order valence-corrected chi connectivity index (χ2v) is 9.35. The summed E-state index contributed by atoms with van der Waals surface area (Å²) in [5.74, 6) is 0.528. The van der Waals surface area contributed by atoms with Crippen LogP contribution in [-0.2, 0) is 4.74 Å². The molecule has 1 nitrogen and oxygen atoms in total. The summed E-state index contributed by atoms with van der Waals surface area (Å²) >= 11 is 0. The maximum absolute atomic E-state index is 14.1. The van der Waals surface area contributed by atoms with E-state index in [1.807, 2.05) is 6.92 Å². The van der Waals surface area contributed by atoms with Gasteiger partial charge in [-0.25, -0.2) is 8.78 Å². The minimum absolute atomic E-state index is 0.0745. The molecule has 5 unspecified atom stereocenters. The summed E-state index contributed by atoms with van der Waals surface area (Å²) in [4.78, 5) is 0. The first-order valence-electron chi connectivity index (χ1n) is 10.9. The Morgan fingerprint density at radius 1 is 0.750 bits per heavy atom. The van der Waals surface area contributed by atoms with Gasteiger partial charge in [0.15, 0.2) is 11.7 Å². The van der Waals surface area contributed by atoms with Gasteiger partial charge < -0.3 is 4.74 Å². The Balaban J connectivity index is 4.41. The Morgan fingerprint density at radius 3 is 1.68 bits per heavy atom. The highest BCUT2D eigenvalue weighted by Gasteiger charge is 2.21. The van der Waals surface area contributed by atoms with Crippen molar-refractivity contribution in [2.24, 2.45) is 29.6 Å². The average molecular weight is 399 g/mol. The number of halogens is 2. The van der Waals surface area contributed by atoms with Crippen molar-refractivity contribution >= 4 is 0 Å². The average Bonchev–Trinajstić information content (AvgIpc) is 2.65. The van der Waals surface area contributed by atoms with Crippen LogP contribution in [0.5, 0.6) is 0 Å². The Hall–Kier alpha value is -0.960. The monoisotopic (exact) mass is 398 g/mol. The zero-order valence-corrected chi connectivity index (χ0v) is 19.6. The van der Waals surface area contributed by atoms with Crippen LogP contribution in [0.3, 0.4) is 0 Å². The van der Waals surface area contributed by atoms with Gasteiger partial charge in [0.1, 0.15) is 0 Å². The van der Waals surface area contributed by atoms with E-state index >= 15 is 0 Å². The molecule has 0 N–H and O–H groups in total. The summed E-state index contributed by atoms with van der Waals surface area (Å²) in [6.07, 6.45) is 4.96. The molecule has 3 heteroatoms. The highest BCUT2D eigenvalue weighted by molar-refractivity contribution is 5.34. The Morgan fingerprint density at radius 2 is 1.21 bits per heavy atom. The summed E-state index contributed by atoms with van der Waals surface area (Å²) in [7, 11) is 0. The zero-order valence-electron chi connectivity index (χ0n) is 19.6. The van der Waals surface area contributed by atoms with E-state index in [2.05, 4.69) is 54.7 Å². The van der Waals surface area contributed by atoms with Gasteiger partial charge in [-0.05, 0) is 55.1 Å². The number of allylic oxidation sites excluding steroid dienone is 3. The molecule has 164 valence electrons. The minimum Gasteiger partial charge on any atom is -0.378 e. The molecule has 0 rings (SSSR count). The van der Waals surface area contributed by atoms with E-state index in [-0.39, 0.29) is 23.2 Å². The van der Waals surface area contributed by atoms with Gasteiger partial charge in [0, 0.05) is 5.92 Å². The van der Waals surface area contributed by atoms with Crippen molar-refractivity contribution in [1.29, 1.82) is 0 Å². The smallest absolute Gasteiger partial charge is 0.162 e. The fraction of sp³-hybridized carbons (Fsp3) is 0.760. The Labute approximate surface area is 173 Å². The van der Waals surface area contributed by atoms with E-state index in [9.17, 15) is 8.78 Å². The summed E-state index contributed by atoms with van der Waals surface area (Å²) in [6.45, 7) is 24.3. The third-order valence-electron chi connectivity index (χ3n) is 6.10. The predicted octanol–water partition coefficient (Wildman–Crippen LogP) is 8.44. The molecule has 0 heterocycles. The van der Waals surface area contributed by atoms with Crippen molar-refractivity contribution in [3.8, 4) is 0 Å².